The molecule has 0 bridgehead atoms. The maximum absolute atomic E-state index is 11.6. The summed E-state index contributed by atoms with van der Waals surface area (Å²) in [5.41, 5.74) is 2.22. The average Bonchev–Trinajstić information content (AvgIpc) is 3.15. The van der Waals surface area contributed by atoms with Gasteiger partial charge in [-0.25, -0.2) is 23.4 Å². The average molecular weight is 429 g/mol. The van der Waals surface area contributed by atoms with Gasteiger partial charge >= 0.3 is 0 Å². The number of piperidine rings is 1. The van der Waals surface area contributed by atoms with E-state index in [2.05, 4.69) is 21.8 Å². The lowest BCUT2D eigenvalue weighted by Crippen LogP contribution is -2.39. The fourth-order valence-corrected chi connectivity index (χ4v) is 4.94. The first-order valence-electron chi connectivity index (χ1n) is 10.2. The van der Waals surface area contributed by atoms with Crippen LogP contribution in [-0.2, 0) is 16.3 Å². The van der Waals surface area contributed by atoms with Crippen molar-refractivity contribution in [2.75, 3.05) is 37.3 Å². The first-order valence-corrected chi connectivity index (χ1v) is 12.1. The van der Waals surface area contributed by atoms with Crippen molar-refractivity contribution in [3.8, 4) is 0 Å². The quantitative estimate of drug-likeness (QED) is 0.370. The van der Waals surface area contributed by atoms with E-state index in [1.165, 1.54) is 18.4 Å². The molecule has 0 radical (unpaired) electrons. The van der Waals surface area contributed by atoms with Gasteiger partial charge < -0.3 is 10.3 Å². The minimum Gasteiger partial charge on any atom is -0.340 e. The van der Waals surface area contributed by atoms with Crippen LogP contribution in [0.5, 0.6) is 0 Å². The van der Waals surface area contributed by atoms with Gasteiger partial charge in [0.05, 0.1) is 17.2 Å². The Bertz CT molecular complexity index is 1010. The first-order chi connectivity index (χ1) is 14.3. The van der Waals surface area contributed by atoms with Gasteiger partial charge in [0.2, 0.25) is 5.95 Å². The molecule has 160 valence electrons. The zero-order valence-corrected chi connectivity index (χ0v) is 18.1. The van der Waals surface area contributed by atoms with Gasteiger partial charge in [-0.05, 0) is 47.4 Å². The molecule has 0 spiro atoms. The number of hydrogen-bond donors (Lipinski definition) is 2. The van der Waals surface area contributed by atoms with Crippen molar-refractivity contribution in [1.29, 1.82) is 5.41 Å². The number of rotatable bonds is 8. The minimum atomic E-state index is -3.23. The zero-order valence-electron chi connectivity index (χ0n) is 17.3. The number of aryl methyl sites for hydroxylation is 1. The fourth-order valence-electron chi connectivity index (χ4n) is 4.31. The SMILES string of the molecule is CCc1cnc(N2CC3C(CN(N)CC(=N)c4ccc(S(C)(=O)=O)cc4)C3C2)nc1. The molecule has 4 rings (SSSR count). The lowest BCUT2D eigenvalue weighted by Gasteiger charge is -2.22. The molecule has 1 aromatic carbocycles. The predicted octanol–water partition coefficient (Wildman–Crippen LogP) is 1.37. The number of nitrogens with zero attached hydrogens (tertiary/aromatic N) is 4. The molecule has 2 aromatic rings. The first kappa shape index (κ1) is 20.9. The number of anilines is 1. The topological polar surface area (TPSA) is 116 Å². The van der Waals surface area contributed by atoms with Gasteiger partial charge in [0.15, 0.2) is 9.84 Å². The Hall–Kier alpha value is -2.36. The van der Waals surface area contributed by atoms with Crippen LogP contribution in [0.25, 0.3) is 0 Å². The van der Waals surface area contributed by atoms with Crippen LogP contribution in [0.4, 0.5) is 5.95 Å². The summed E-state index contributed by atoms with van der Waals surface area (Å²) in [5, 5.41) is 9.99. The standard InChI is InChI=1S/C21H28N6O2S/c1-3-14-8-24-21(25-9-14)26-10-17-18(11-26)19(17)12-27(23)13-20(22)15-4-6-16(7-5-15)30(2,28)29/h4-9,17-19,22H,3,10-13,23H2,1-2H3. The molecule has 30 heavy (non-hydrogen) atoms. The predicted molar refractivity (Wildman–Crippen MR) is 116 cm³/mol. The Morgan fingerprint density at radius 3 is 2.33 bits per heavy atom. The normalized spacial score (nSPS) is 22.9. The van der Waals surface area contributed by atoms with E-state index >= 15 is 0 Å². The van der Waals surface area contributed by atoms with Crippen LogP contribution < -0.4 is 10.7 Å². The molecule has 0 amide bonds. The van der Waals surface area contributed by atoms with Crippen LogP contribution in [-0.4, -0.2) is 61.5 Å². The van der Waals surface area contributed by atoms with Crippen LogP contribution in [0, 0.1) is 23.2 Å². The van der Waals surface area contributed by atoms with Crippen LogP contribution >= 0.6 is 0 Å². The molecule has 2 unspecified atom stereocenters. The van der Waals surface area contributed by atoms with Gasteiger partial charge in [-0.3, -0.25) is 5.84 Å². The van der Waals surface area contributed by atoms with Gasteiger partial charge in [-0.15, -0.1) is 0 Å². The third kappa shape index (κ3) is 4.38. The van der Waals surface area contributed by atoms with Crippen molar-refractivity contribution in [2.24, 2.45) is 23.6 Å². The highest BCUT2D eigenvalue weighted by Gasteiger charge is 2.56. The second-order valence-electron chi connectivity index (χ2n) is 8.35. The van der Waals surface area contributed by atoms with Gasteiger partial charge in [0, 0.05) is 38.3 Å². The second-order valence-corrected chi connectivity index (χ2v) is 10.4. The summed E-state index contributed by atoms with van der Waals surface area (Å²) in [6.07, 6.45) is 5.92. The fraction of sp³-hybridized carbons (Fsp3) is 0.476. The molecule has 3 N–H and O–H groups in total. The number of fused-ring (bicyclic) bond motifs is 1. The van der Waals surface area contributed by atoms with E-state index < -0.39 is 9.84 Å². The van der Waals surface area contributed by atoms with Gasteiger partial charge in [-0.1, -0.05) is 19.1 Å². The van der Waals surface area contributed by atoms with Crippen molar-refractivity contribution < 1.29 is 8.42 Å². The van der Waals surface area contributed by atoms with E-state index in [0.717, 1.165) is 37.6 Å². The number of hydrogen-bond acceptors (Lipinski definition) is 8. The number of hydrazine groups is 1. The summed E-state index contributed by atoms with van der Waals surface area (Å²) >= 11 is 0. The molecular weight excluding hydrogens is 400 g/mol. The van der Waals surface area contributed by atoms with Gasteiger partial charge in [0.1, 0.15) is 0 Å². The molecule has 1 saturated heterocycles. The van der Waals surface area contributed by atoms with Gasteiger partial charge in [0.25, 0.3) is 0 Å². The number of sulfone groups is 1. The van der Waals surface area contributed by atoms with Crippen LogP contribution in [0.2, 0.25) is 0 Å². The number of nitrogens with two attached hydrogens (primary N) is 1. The molecule has 2 fully saturated rings. The molecular formula is C21H28N6O2S. The lowest BCUT2D eigenvalue weighted by atomic mass is 10.1. The molecule has 2 heterocycles. The van der Waals surface area contributed by atoms with Gasteiger partial charge in [-0.2, -0.15) is 0 Å². The third-order valence-electron chi connectivity index (χ3n) is 6.19. The molecule has 9 heteroatoms. The highest BCUT2D eigenvalue weighted by molar-refractivity contribution is 7.90. The van der Waals surface area contributed by atoms with E-state index in [0.29, 0.717) is 35.6 Å². The summed E-state index contributed by atoms with van der Waals surface area (Å²) < 4.78 is 23.1. The van der Waals surface area contributed by atoms with Crippen molar-refractivity contribution in [2.45, 2.75) is 18.2 Å². The summed E-state index contributed by atoms with van der Waals surface area (Å²) in [4.78, 5) is 11.5. The zero-order chi connectivity index (χ0) is 21.5. The summed E-state index contributed by atoms with van der Waals surface area (Å²) in [7, 11) is -3.23. The Balaban J connectivity index is 1.26. The number of nitrogens with one attached hydrogen (secondary N) is 1. The molecule has 1 aliphatic carbocycles. The Morgan fingerprint density at radius 1 is 1.20 bits per heavy atom. The van der Waals surface area contributed by atoms with Crippen molar-refractivity contribution in [1.82, 2.24) is 15.0 Å². The summed E-state index contributed by atoms with van der Waals surface area (Å²) in [5.74, 6) is 8.75. The Morgan fingerprint density at radius 2 is 1.80 bits per heavy atom. The van der Waals surface area contributed by atoms with E-state index in [1.54, 1.807) is 17.1 Å². The maximum atomic E-state index is 11.6. The van der Waals surface area contributed by atoms with Crippen LogP contribution in [0.3, 0.4) is 0 Å². The van der Waals surface area contributed by atoms with Crippen LogP contribution in [0.1, 0.15) is 18.1 Å². The minimum absolute atomic E-state index is 0.257. The van der Waals surface area contributed by atoms with E-state index in [4.69, 9.17) is 11.3 Å². The lowest BCUT2D eigenvalue weighted by molar-refractivity contribution is 0.295. The highest BCUT2D eigenvalue weighted by atomic mass is 32.2. The molecule has 1 aromatic heterocycles. The number of aromatic nitrogens is 2. The maximum Gasteiger partial charge on any atom is 0.225 e. The largest absolute Gasteiger partial charge is 0.340 e. The van der Waals surface area contributed by atoms with Crippen molar-refractivity contribution >= 4 is 21.5 Å². The monoisotopic (exact) mass is 428 g/mol. The molecule has 2 atom stereocenters. The van der Waals surface area contributed by atoms with E-state index in [9.17, 15) is 8.42 Å². The van der Waals surface area contributed by atoms with E-state index in [1.807, 2.05) is 12.4 Å². The summed E-state index contributed by atoms with van der Waals surface area (Å²) in [6.45, 7) is 5.09. The Kier molecular flexibility index (Phi) is 5.61. The number of benzene rings is 1. The highest BCUT2D eigenvalue weighted by Crippen LogP contribution is 2.52. The van der Waals surface area contributed by atoms with Crippen molar-refractivity contribution in [3.63, 3.8) is 0 Å². The van der Waals surface area contributed by atoms with Crippen molar-refractivity contribution in [3.05, 3.63) is 47.8 Å². The third-order valence-corrected chi connectivity index (χ3v) is 7.32. The second kappa shape index (κ2) is 8.05. The Labute approximate surface area is 177 Å². The van der Waals surface area contributed by atoms with Crippen LogP contribution in [0.15, 0.2) is 41.6 Å². The smallest absolute Gasteiger partial charge is 0.225 e. The molecule has 1 aliphatic heterocycles. The van der Waals surface area contributed by atoms with E-state index in [-0.39, 0.29) is 4.90 Å². The molecule has 2 aliphatic rings. The molecule has 8 nitrogen and oxygen atoms in total. The molecule has 1 saturated carbocycles. The summed E-state index contributed by atoms with van der Waals surface area (Å²) in [6, 6.07) is 6.41.